The predicted octanol–water partition coefficient (Wildman–Crippen LogP) is 0.554. The first-order chi connectivity index (χ1) is 7.32. The van der Waals surface area contributed by atoms with E-state index in [1.807, 2.05) is 11.9 Å². The summed E-state index contributed by atoms with van der Waals surface area (Å²) in [7, 11) is 1.86. The Hall–Kier alpha value is -1.10. The van der Waals surface area contributed by atoms with Gasteiger partial charge in [0.15, 0.2) is 0 Å². The number of hydrogen-bond acceptors (Lipinski definition) is 3. The molecular formula is C11H22N2O3. The van der Waals surface area contributed by atoms with Crippen LogP contribution in [-0.2, 0) is 9.59 Å². The Kier molecular flexibility index (Phi) is 6.72. The molecule has 0 bridgehead atoms. The van der Waals surface area contributed by atoms with E-state index in [0.717, 1.165) is 13.0 Å². The Morgan fingerprint density at radius 3 is 2.31 bits per heavy atom. The molecule has 0 aromatic carbocycles. The number of likely N-dealkylation sites (N-methyl/N-ethyl adjacent to an activating group) is 1. The third kappa shape index (κ3) is 7.23. The van der Waals surface area contributed by atoms with Gasteiger partial charge >= 0.3 is 5.97 Å². The molecule has 0 aliphatic rings. The number of nitrogens with zero attached hydrogens (tertiary/aromatic N) is 1. The van der Waals surface area contributed by atoms with Gasteiger partial charge in [-0.3, -0.25) is 4.79 Å². The Morgan fingerprint density at radius 2 is 1.94 bits per heavy atom. The van der Waals surface area contributed by atoms with Crippen LogP contribution in [0, 0.1) is 5.92 Å². The van der Waals surface area contributed by atoms with Crippen LogP contribution in [0.4, 0.5) is 0 Å². The minimum Gasteiger partial charge on any atom is -0.480 e. The maximum Gasteiger partial charge on any atom is 0.327 e. The van der Waals surface area contributed by atoms with Crippen molar-refractivity contribution in [2.24, 2.45) is 5.92 Å². The van der Waals surface area contributed by atoms with E-state index in [1.54, 1.807) is 0 Å². The van der Waals surface area contributed by atoms with E-state index in [0.29, 0.717) is 12.5 Å². The van der Waals surface area contributed by atoms with Gasteiger partial charge in [-0.2, -0.15) is 0 Å². The molecule has 0 saturated heterocycles. The van der Waals surface area contributed by atoms with Gasteiger partial charge in [-0.15, -0.1) is 0 Å². The molecule has 0 aliphatic heterocycles. The van der Waals surface area contributed by atoms with Crippen LogP contribution in [-0.4, -0.2) is 48.1 Å². The van der Waals surface area contributed by atoms with Gasteiger partial charge < -0.3 is 15.3 Å². The molecule has 94 valence electrons. The van der Waals surface area contributed by atoms with Crippen LogP contribution in [0.2, 0.25) is 0 Å². The molecule has 0 heterocycles. The van der Waals surface area contributed by atoms with Crippen molar-refractivity contribution >= 4 is 11.9 Å². The fraction of sp³-hybridized carbons (Fsp3) is 0.818. The number of carboxylic acid groups (broad SMARTS) is 1. The number of aliphatic carboxylic acids is 1. The summed E-state index contributed by atoms with van der Waals surface area (Å²) in [5.74, 6) is -0.720. The van der Waals surface area contributed by atoms with E-state index in [9.17, 15) is 9.59 Å². The van der Waals surface area contributed by atoms with Gasteiger partial charge in [0.05, 0.1) is 0 Å². The molecule has 5 heteroatoms. The van der Waals surface area contributed by atoms with Crippen molar-refractivity contribution in [3.05, 3.63) is 0 Å². The lowest BCUT2D eigenvalue weighted by molar-refractivity contribution is -0.142. The third-order valence-corrected chi connectivity index (χ3v) is 2.26. The zero-order chi connectivity index (χ0) is 12.7. The summed E-state index contributed by atoms with van der Waals surface area (Å²) in [5.41, 5.74) is 0. The number of carboxylic acids is 1. The molecule has 0 aliphatic carbocycles. The lowest BCUT2D eigenvalue weighted by Crippen LogP contribution is -2.47. The zero-order valence-electron chi connectivity index (χ0n) is 10.5. The number of nitrogens with one attached hydrogen (secondary N) is 1. The van der Waals surface area contributed by atoms with E-state index >= 15 is 0 Å². The number of rotatable bonds is 7. The number of hydrogen-bond donors (Lipinski definition) is 2. The second-order valence-electron chi connectivity index (χ2n) is 4.54. The molecule has 0 fully saturated rings. The SMILES string of the molecule is CC(=O)NC(CN(C)CCC(C)C)C(=O)O. The third-order valence-electron chi connectivity index (χ3n) is 2.26. The average Bonchev–Trinajstić information content (AvgIpc) is 2.12. The van der Waals surface area contributed by atoms with E-state index in [4.69, 9.17) is 5.11 Å². The average molecular weight is 230 g/mol. The monoisotopic (exact) mass is 230 g/mol. The Labute approximate surface area is 96.8 Å². The molecule has 0 rings (SSSR count). The number of amides is 1. The van der Waals surface area contributed by atoms with Crippen LogP contribution in [0.1, 0.15) is 27.2 Å². The summed E-state index contributed by atoms with van der Waals surface area (Å²) in [6, 6.07) is -0.824. The maximum absolute atomic E-state index is 10.9. The zero-order valence-corrected chi connectivity index (χ0v) is 10.5. The molecule has 1 unspecified atom stereocenters. The standard InChI is InChI=1S/C11H22N2O3/c1-8(2)5-6-13(4)7-10(11(15)16)12-9(3)14/h8,10H,5-7H2,1-4H3,(H,12,14)(H,15,16). The van der Waals surface area contributed by atoms with Gasteiger partial charge in [-0.25, -0.2) is 4.79 Å². The summed E-state index contributed by atoms with van der Waals surface area (Å²) in [6.07, 6.45) is 1.02. The Bertz CT molecular complexity index is 241. The van der Waals surface area contributed by atoms with Crippen molar-refractivity contribution in [2.75, 3.05) is 20.1 Å². The van der Waals surface area contributed by atoms with Gasteiger partial charge in [0, 0.05) is 13.5 Å². The number of carbonyl (C=O) groups is 2. The lowest BCUT2D eigenvalue weighted by atomic mass is 10.1. The van der Waals surface area contributed by atoms with E-state index < -0.39 is 12.0 Å². The molecule has 0 spiro atoms. The maximum atomic E-state index is 10.9. The highest BCUT2D eigenvalue weighted by molar-refractivity contribution is 5.82. The molecule has 0 aromatic rings. The minimum atomic E-state index is -0.994. The second-order valence-corrected chi connectivity index (χ2v) is 4.54. The highest BCUT2D eigenvalue weighted by Crippen LogP contribution is 2.01. The molecule has 0 radical (unpaired) electrons. The predicted molar refractivity (Wildman–Crippen MR) is 62.2 cm³/mol. The van der Waals surface area contributed by atoms with Gasteiger partial charge in [-0.1, -0.05) is 13.8 Å². The summed E-state index contributed by atoms with van der Waals surface area (Å²) in [6.45, 7) is 6.74. The molecule has 5 nitrogen and oxygen atoms in total. The normalized spacial score (nSPS) is 12.9. The molecule has 0 aromatic heterocycles. The van der Waals surface area contributed by atoms with Gasteiger partial charge in [0.1, 0.15) is 6.04 Å². The van der Waals surface area contributed by atoms with Crippen LogP contribution in [0.3, 0.4) is 0 Å². The second kappa shape index (κ2) is 7.22. The van der Waals surface area contributed by atoms with E-state index in [2.05, 4.69) is 19.2 Å². The largest absolute Gasteiger partial charge is 0.480 e. The quantitative estimate of drug-likeness (QED) is 0.670. The molecule has 16 heavy (non-hydrogen) atoms. The highest BCUT2D eigenvalue weighted by Gasteiger charge is 2.19. The first kappa shape index (κ1) is 14.9. The first-order valence-electron chi connectivity index (χ1n) is 5.51. The lowest BCUT2D eigenvalue weighted by Gasteiger charge is -2.22. The first-order valence-corrected chi connectivity index (χ1v) is 5.51. The summed E-state index contributed by atoms with van der Waals surface area (Å²) >= 11 is 0. The van der Waals surface area contributed by atoms with Gasteiger partial charge in [-0.05, 0) is 25.9 Å². The number of carbonyl (C=O) groups excluding carboxylic acids is 1. The Morgan fingerprint density at radius 1 is 1.38 bits per heavy atom. The molecular weight excluding hydrogens is 208 g/mol. The van der Waals surface area contributed by atoms with Crippen LogP contribution in [0.15, 0.2) is 0 Å². The van der Waals surface area contributed by atoms with Crippen molar-refractivity contribution in [1.29, 1.82) is 0 Å². The van der Waals surface area contributed by atoms with Crippen molar-refractivity contribution in [1.82, 2.24) is 10.2 Å². The smallest absolute Gasteiger partial charge is 0.327 e. The molecule has 0 saturated carbocycles. The fourth-order valence-corrected chi connectivity index (χ4v) is 1.31. The highest BCUT2D eigenvalue weighted by atomic mass is 16.4. The van der Waals surface area contributed by atoms with Gasteiger partial charge in [0.25, 0.3) is 0 Å². The fourth-order valence-electron chi connectivity index (χ4n) is 1.31. The Balaban J connectivity index is 4.07. The van der Waals surface area contributed by atoms with Gasteiger partial charge in [0.2, 0.25) is 5.91 Å². The molecule has 2 N–H and O–H groups in total. The van der Waals surface area contributed by atoms with Crippen molar-refractivity contribution in [3.8, 4) is 0 Å². The topological polar surface area (TPSA) is 69.6 Å². The summed E-state index contributed by atoms with van der Waals surface area (Å²) in [5, 5.41) is 11.3. The van der Waals surface area contributed by atoms with Crippen molar-refractivity contribution in [3.63, 3.8) is 0 Å². The van der Waals surface area contributed by atoms with Crippen LogP contribution in [0.5, 0.6) is 0 Å². The van der Waals surface area contributed by atoms with E-state index in [-0.39, 0.29) is 5.91 Å². The minimum absolute atomic E-state index is 0.315. The van der Waals surface area contributed by atoms with E-state index in [1.165, 1.54) is 6.92 Å². The van der Waals surface area contributed by atoms with Crippen LogP contribution < -0.4 is 5.32 Å². The van der Waals surface area contributed by atoms with Crippen molar-refractivity contribution < 1.29 is 14.7 Å². The summed E-state index contributed by atoms with van der Waals surface area (Å²) in [4.78, 5) is 23.6. The molecule has 1 atom stereocenters. The van der Waals surface area contributed by atoms with Crippen LogP contribution >= 0.6 is 0 Å². The molecule has 1 amide bonds. The summed E-state index contributed by atoms with van der Waals surface area (Å²) < 4.78 is 0. The van der Waals surface area contributed by atoms with Crippen LogP contribution in [0.25, 0.3) is 0 Å². The van der Waals surface area contributed by atoms with Crippen molar-refractivity contribution in [2.45, 2.75) is 33.2 Å².